The number of fused-ring (bicyclic) bond motifs is 1. The molecule has 2 heteroatoms. The van der Waals surface area contributed by atoms with Gasteiger partial charge in [-0.1, -0.05) is 54.6 Å². The third kappa shape index (κ3) is 1.94. The fourth-order valence-electron chi connectivity index (χ4n) is 2.66. The summed E-state index contributed by atoms with van der Waals surface area (Å²) in [4.78, 5) is 12.5. The maximum absolute atomic E-state index is 12.5. The number of ketones is 1. The molecule has 0 fully saturated rings. The highest BCUT2D eigenvalue weighted by Crippen LogP contribution is 2.38. The Kier molecular flexibility index (Phi) is 2.89. The molecule has 0 aliphatic heterocycles. The number of nitriles is 1. The number of carbonyl (C=O) groups excluding carboxylic acids is 1. The molecule has 0 aromatic heterocycles. The van der Waals surface area contributed by atoms with E-state index in [1.165, 1.54) is 5.56 Å². The Morgan fingerprint density at radius 3 is 2.47 bits per heavy atom. The van der Waals surface area contributed by atoms with Crippen LogP contribution in [0.25, 0.3) is 0 Å². The summed E-state index contributed by atoms with van der Waals surface area (Å²) in [5.41, 5.74) is 3.11. The van der Waals surface area contributed by atoms with Crippen LogP contribution >= 0.6 is 0 Å². The van der Waals surface area contributed by atoms with Crippen molar-refractivity contribution in [1.29, 1.82) is 5.26 Å². The van der Waals surface area contributed by atoms with Crippen molar-refractivity contribution in [1.82, 2.24) is 0 Å². The molecule has 0 saturated heterocycles. The Balaban J connectivity index is 1.88. The van der Waals surface area contributed by atoms with Gasteiger partial charge >= 0.3 is 0 Å². The summed E-state index contributed by atoms with van der Waals surface area (Å²) in [6.45, 7) is 0. The number of rotatable bonds is 3. The second-order valence-corrected chi connectivity index (χ2v) is 4.83. The van der Waals surface area contributed by atoms with Crippen LogP contribution in [0, 0.1) is 11.3 Å². The molecular weight excluding hydrogens is 234 g/mol. The highest BCUT2D eigenvalue weighted by molar-refractivity contribution is 5.96. The lowest BCUT2D eigenvalue weighted by Gasteiger charge is -2.30. The zero-order chi connectivity index (χ0) is 13.2. The van der Waals surface area contributed by atoms with Gasteiger partial charge < -0.3 is 0 Å². The Labute approximate surface area is 112 Å². The van der Waals surface area contributed by atoms with Crippen molar-refractivity contribution < 1.29 is 4.79 Å². The lowest BCUT2D eigenvalue weighted by atomic mass is 9.71. The van der Waals surface area contributed by atoms with E-state index in [9.17, 15) is 10.1 Å². The van der Waals surface area contributed by atoms with Gasteiger partial charge in [0.15, 0.2) is 5.78 Å². The number of carbonyl (C=O) groups is 1. The zero-order valence-corrected chi connectivity index (χ0v) is 10.4. The molecule has 0 saturated carbocycles. The first-order chi connectivity index (χ1) is 9.31. The van der Waals surface area contributed by atoms with Gasteiger partial charge in [-0.05, 0) is 23.1 Å². The van der Waals surface area contributed by atoms with Crippen molar-refractivity contribution in [2.75, 3.05) is 0 Å². The number of Topliss-reactive ketones (excluding diaryl/α,β-unsaturated/α-hetero) is 1. The molecule has 2 aromatic rings. The minimum absolute atomic E-state index is 0.0207. The first-order valence-corrected chi connectivity index (χ1v) is 6.37. The van der Waals surface area contributed by atoms with Gasteiger partial charge in [0.2, 0.25) is 0 Å². The SMILES string of the molecule is N#CC(C(=O)C1Cc2ccccc21)c1ccccc1. The van der Waals surface area contributed by atoms with E-state index >= 15 is 0 Å². The summed E-state index contributed by atoms with van der Waals surface area (Å²) in [6.07, 6.45) is 0.764. The topological polar surface area (TPSA) is 40.9 Å². The molecule has 92 valence electrons. The Morgan fingerprint density at radius 1 is 1.11 bits per heavy atom. The average Bonchev–Trinajstić information content (AvgIpc) is 2.42. The van der Waals surface area contributed by atoms with Crippen molar-refractivity contribution in [2.45, 2.75) is 18.3 Å². The van der Waals surface area contributed by atoms with Crippen LogP contribution in [0.2, 0.25) is 0 Å². The molecule has 1 aliphatic carbocycles. The van der Waals surface area contributed by atoms with Crippen LogP contribution in [-0.4, -0.2) is 5.78 Å². The number of nitrogens with zero attached hydrogens (tertiary/aromatic N) is 1. The van der Waals surface area contributed by atoms with Gasteiger partial charge in [-0.2, -0.15) is 5.26 Å². The second-order valence-electron chi connectivity index (χ2n) is 4.83. The average molecular weight is 247 g/mol. The molecular formula is C17H13NO. The maximum atomic E-state index is 12.5. The predicted molar refractivity (Wildman–Crippen MR) is 72.7 cm³/mol. The van der Waals surface area contributed by atoms with Crippen molar-refractivity contribution >= 4 is 5.78 Å². The Morgan fingerprint density at radius 2 is 1.79 bits per heavy atom. The van der Waals surface area contributed by atoms with E-state index in [4.69, 9.17) is 0 Å². The lowest BCUT2D eigenvalue weighted by molar-refractivity contribution is -0.121. The van der Waals surface area contributed by atoms with Gasteiger partial charge in [-0.25, -0.2) is 0 Å². The molecule has 0 radical (unpaired) electrons. The van der Waals surface area contributed by atoms with E-state index in [-0.39, 0.29) is 11.7 Å². The summed E-state index contributed by atoms with van der Waals surface area (Å²) in [6, 6.07) is 19.4. The highest BCUT2D eigenvalue weighted by Gasteiger charge is 2.36. The van der Waals surface area contributed by atoms with Crippen LogP contribution in [0.15, 0.2) is 54.6 Å². The molecule has 0 N–H and O–H groups in total. The van der Waals surface area contributed by atoms with E-state index in [1.807, 2.05) is 54.6 Å². The third-order valence-corrected chi connectivity index (χ3v) is 3.74. The molecule has 2 atom stereocenters. The molecule has 0 bridgehead atoms. The molecule has 0 spiro atoms. The minimum Gasteiger partial charge on any atom is -0.297 e. The summed E-state index contributed by atoms with van der Waals surface area (Å²) < 4.78 is 0. The van der Waals surface area contributed by atoms with E-state index in [0.717, 1.165) is 17.5 Å². The van der Waals surface area contributed by atoms with Crippen LogP contribution < -0.4 is 0 Å². The first kappa shape index (κ1) is 11.7. The van der Waals surface area contributed by atoms with E-state index in [1.54, 1.807) is 0 Å². The molecule has 19 heavy (non-hydrogen) atoms. The van der Waals surface area contributed by atoms with Gasteiger partial charge in [0.05, 0.1) is 6.07 Å². The molecule has 2 nitrogen and oxygen atoms in total. The second kappa shape index (κ2) is 4.70. The summed E-state index contributed by atoms with van der Waals surface area (Å²) in [5, 5.41) is 9.30. The van der Waals surface area contributed by atoms with Crippen molar-refractivity contribution in [2.24, 2.45) is 0 Å². The zero-order valence-electron chi connectivity index (χ0n) is 10.4. The smallest absolute Gasteiger partial charge is 0.162 e. The fraction of sp³-hybridized carbons (Fsp3) is 0.176. The molecule has 0 amide bonds. The molecule has 2 aromatic carbocycles. The first-order valence-electron chi connectivity index (χ1n) is 6.37. The number of hydrogen-bond donors (Lipinski definition) is 0. The van der Waals surface area contributed by atoms with Gasteiger partial charge in [0.25, 0.3) is 0 Å². The fourth-order valence-corrected chi connectivity index (χ4v) is 2.66. The van der Waals surface area contributed by atoms with Crippen LogP contribution in [0.1, 0.15) is 28.5 Å². The molecule has 3 rings (SSSR count). The lowest BCUT2D eigenvalue weighted by Crippen LogP contribution is -2.28. The molecule has 2 unspecified atom stereocenters. The largest absolute Gasteiger partial charge is 0.297 e. The van der Waals surface area contributed by atoms with Gasteiger partial charge in [-0.3, -0.25) is 4.79 Å². The third-order valence-electron chi connectivity index (χ3n) is 3.74. The highest BCUT2D eigenvalue weighted by atomic mass is 16.1. The summed E-state index contributed by atoms with van der Waals surface area (Å²) >= 11 is 0. The van der Waals surface area contributed by atoms with Crippen molar-refractivity contribution in [3.8, 4) is 6.07 Å². The van der Waals surface area contributed by atoms with E-state index in [0.29, 0.717) is 0 Å². The molecule has 1 aliphatic rings. The van der Waals surface area contributed by atoms with E-state index < -0.39 is 5.92 Å². The van der Waals surface area contributed by atoms with Gasteiger partial charge in [0, 0.05) is 5.92 Å². The maximum Gasteiger partial charge on any atom is 0.162 e. The normalized spacial score (nSPS) is 17.7. The van der Waals surface area contributed by atoms with Crippen LogP contribution in [0.4, 0.5) is 0 Å². The minimum atomic E-state index is -0.653. The van der Waals surface area contributed by atoms with Crippen LogP contribution in [0.5, 0.6) is 0 Å². The van der Waals surface area contributed by atoms with Crippen LogP contribution in [-0.2, 0) is 11.2 Å². The van der Waals surface area contributed by atoms with Crippen molar-refractivity contribution in [3.05, 3.63) is 71.3 Å². The van der Waals surface area contributed by atoms with E-state index in [2.05, 4.69) is 6.07 Å². The summed E-state index contributed by atoms with van der Waals surface area (Å²) in [7, 11) is 0. The summed E-state index contributed by atoms with van der Waals surface area (Å²) in [5.74, 6) is -0.743. The predicted octanol–water partition coefficient (Wildman–Crippen LogP) is 3.20. The Bertz CT molecular complexity index is 654. The molecule has 0 heterocycles. The quantitative estimate of drug-likeness (QED) is 0.835. The Hall–Kier alpha value is -2.40. The standard InChI is InChI=1S/C17H13NO/c18-11-16(12-6-2-1-3-7-12)17(19)15-10-13-8-4-5-9-14(13)15/h1-9,15-16H,10H2. The van der Waals surface area contributed by atoms with Crippen molar-refractivity contribution in [3.63, 3.8) is 0 Å². The van der Waals surface area contributed by atoms with Gasteiger partial charge in [0.1, 0.15) is 5.92 Å². The number of benzene rings is 2. The van der Waals surface area contributed by atoms with Crippen LogP contribution in [0.3, 0.4) is 0 Å². The van der Waals surface area contributed by atoms with Gasteiger partial charge in [-0.15, -0.1) is 0 Å². The monoisotopic (exact) mass is 247 g/mol. The number of hydrogen-bond acceptors (Lipinski definition) is 2.